The summed E-state index contributed by atoms with van der Waals surface area (Å²) in [7, 11) is 6.08. The maximum Gasteiger partial charge on any atom is 0.0503 e. The first kappa shape index (κ1) is 36.9. The van der Waals surface area contributed by atoms with Gasteiger partial charge in [-0.15, -0.1) is 0 Å². The molecule has 1 aliphatic rings. The van der Waals surface area contributed by atoms with E-state index in [-0.39, 0.29) is 17.4 Å². The van der Waals surface area contributed by atoms with E-state index in [0.29, 0.717) is 6.42 Å². The molecule has 2 N–H and O–H groups in total. The Hall–Kier alpha value is -4.43. The Morgan fingerprint density at radius 3 is 2.17 bits per heavy atom. The third kappa shape index (κ3) is 6.58. The van der Waals surface area contributed by atoms with Crippen LogP contribution in [0.5, 0.6) is 0 Å². The van der Waals surface area contributed by atoms with E-state index >= 15 is 0 Å². The predicted molar refractivity (Wildman–Crippen MR) is 230 cm³/mol. The van der Waals surface area contributed by atoms with Crippen LogP contribution in [0.4, 0.5) is 11.4 Å². The fourth-order valence-corrected chi connectivity index (χ4v) is 9.18. The Kier molecular flexibility index (Phi) is 10.5. The third-order valence-electron chi connectivity index (χ3n) is 11.3. The number of benzene rings is 4. The molecule has 0 bridgehead atoms. The van der Waals surface area contributed by atoms with Crippen molar-refractivity contribution in [2.24, 2.45) is 14.1 Å². The van der Waals surface area contributed by atoms with Gasteiger partial charge in [-0.3, -0.25) is 0 Å². The van der Waals surface area contributed by atoms with Gasteiger partial charge in [0.25, 0.3) is 0 Å². The molecular weight excluding hydrogens is 673 g/mol. The number of aliphatic hydroxyl groups is 1. The monoisotopic (exact) mass is 726 g/mol. The van der Waals surface area contributed by atoms with Crippen LogP contribution in [-0.2, 0) is 29.1 Å². The van der Waals surface area contributed by atoms with Crippen molar-refractivity contribution in [2.75, 3.05) is 42.8 Å². The summed E-state index contributed by atoms with van der Waals surface area (Å²) < 4.78 is 9.86. The van der Waals surface area contributed by atoms with Crippen molar-refractivity contribution >= 4 is 67.0 Å². The lowest BCUT2D eigenvalue weighted by Crippen LogP contribution is -2.27. The minimum atomic E-state index is -0.215. The number of hydrogen-bond acceptors (Lipinski definition) is 5. The molecule has 0 radical (unpaired) electrons. The minimum absolute atomic E-state index is 0.129. The van der Waals surface area contributed by atoms with Crippen molar-refractivity contribution in [1.29, 1.82) is 0 Å². The van der Waals surface area contributed by atoms with Crippen molar-refractivity contribution < 1.29 is 9.29 Å². The van der Waals surface area contributed by atoms with E-state index in [1.54, 1.807) is 7.11 Å². The van der Waals surface area contributed by atoms with Crippen LogP contribution >= 0.6 is 12.0 Å². The number of rotatable bonds is 14. The molecule has 0 unspecified atom stereocenters. The number of para-hydroxylation sites is 2. The molecule has 53 heavy (non-hydrogen) atoms. The fourth-order valence-electron chi connectivity index (χ4n) is 8.75. The average molecular weight is 727 g/mol. The second-order valence-electron chi connectivity index (χ2n) is 15.5. The SMILES string of the molecule is COSCCCNc1ccc2c(c1C(C)(C)C/C=C/C=C/C=C1/N(CCCO)c3ccc4c(c3C1(C)C)c1ccccc1n4C)c1ccccc1n2C. The van der Waals surface area contributed by atoms with Gasteiger partial charge in [-0.2, -0.15) is 0 Å². The largest absolute Gasteiger partial charge is 0.396 e. The maximum atomic E-state index is 9.85. The number of aliphatic hydroxyl groups excluding tert-OH is 1. The number of anilines is 2. The van der Waals surface area contributed by atoms with Crippen LogP contribution in [0.15, 0.2) is 109 Å². The van der Waals surface area contributed by atoms with E-state index in [9.17, 15) is 5.11 Å². The Bertz CT molecular complexity index is 2370. The summed E-state index contributed by atoms with van der Waals surface area (Å²) in [5, 5.41) is 18.9. The number of hydrogen-bond donors (Lipinski definition) is 2. The van der Waals surface area contributed by atoms with E-state index in [1.807, 2.05) is 0 Å². The van der Waals surface area contributed by atoms with Crippen molar-refractivity contribution in [3.05, 3.63) is 120 Å². The molecular formula is C46H54N4O2S. The lowest BCUT2D eigenvalue weighted by molar-refractivity contribution is 0.290. The zero-order chi connectivity index (χ0) is 37.3. The van der Waals surface area contributed by atoms with E-state index < -0.39 is 0 Å². The molecule has 4 aromatic carbocycles. The molecule has 1 aliphatic heterocycles. The summed E-state index contributed by atoms with van der Waals surface area (Å²) in [6.07, 6.45) is 13.8. The van der Waals surface area contributed by atoms with Gasteiger partial charge in [-0.25, -0.2) is 0 Å². The lowest BCUT2D eigenvalue weighted by Gasteiger charge is -2.28. The number of aryl methyl sites for hydroxylation is 2. The lowest BCUT2D eigenvalue weighted by atomic mass is 9.78. The number of nitrogens with zero attached hydrogens (tertiary/aromatic N) is 3. The third-order valence-corrected chi connectivity index (χ3v) is 12.0. The van der Waals surface area contributed by atoms with E-state index in [2.05, 4.69) is 164 Å². The van der Waals surface area contributed by atoms with E-state index in [0.717, 1.165) is 31.7 Å². The van der Waals surface area contributed by atoms with E-state index in [4.69, 9.17) is 4.18 Å². The normalized spacial score (nSPS) is 15.5. The van der Waals surface area contributed by atoms with Gasteiger partial charge in [0.05, 0.1) is 7.11 Å². The molecule has 6 aromatic rings. The molecule has 3 heterocycles. The summed E-state index contributed by atoms with van der Waals surface area (Å²) in [5.41, 5.74) is 11.1. The Morgan fingerprint density at radius 2 is 1.47 bits per heavy atom. The molecule has 0 atom stereocenters. The Morgan fingerprint density at radius 1 is 0.811 bits per heavy atom. The second-order valence-corrected chi connectivity index (χ2v) is 16.4. The fraction of sp³-hybridized carbons (Fsp3) is 0.348. The Labute approximate surface area is 319 Å². The van der Waals surface area contributed by atoms with Crippen molar-refractivity contribution in [2.45, 2.75) is 57.8 Å². The van der Waals surface area contributed by atoms with Gasteiger partial charge < -0.3 is 28.6 Å². The van der Waals surface area contributed by atoms with Gasteiger partial charge in [0.15, 0.2) is 0 Å². The van der Waals surface area contributed by atoms with Crippen molar-refractivity contribution in [3.63, 3.8) is 0 Å². The zero-order valence-electron chi connectivity index (χ0n) is 32.4. The number of aromatic nitrogens is 2. The smallest absolute Gasteiger partial charge is 0.0503 e. The second kappa shape index (κ2) is 15.1. The summed E-state index contributed by atoms with van der Waals surface area (Å²) in [5.74, 6) is 0.958. The van der Waals surface area contributed by atoms with Crippen LogP contribution in [-0.4, -0.2) is 46.8 Å². The standard InChI is InChI=1S/C46H54N4O2S/c1-45(2,43-34(47-28-16-31-53-52-7)23-24-37-41(43)32-18-11-13-20-35(32)48(37)5)27-15-9-8-10-22-40-46(3,4)44-39(50(40)29-17-30-51)26-25-38-42(44)33-19-12-14-21-36(33)49(38)6/h8-15,18-26,47,51H,16-17,27-31H2,1-7H3/b10-8+,15-9+,40-22+. The number of nitrogens with one attached hydrogen (secondary N) is 1. The summed E-state index contributed by atoms with van der Waals surface area (Å²) in [4.78, 5) is 2.43. The molecule has 2 aromatic heterocycles. The van der Waals surface area contributed by atoms with Gasteiger partial charge in [0.2, 0.25) is 0 Å². The van der Waals surface area contributed by atoms with Crippen LogP contribution < -0.4 is 10.2 Å². The van der Waals surface area contributed by atoms with Gasteiger partial charge in [-0.1, -0.05) is 88.4 Å². The summed E-state index contributed by atoms with van der Waals surface area (Å²) in [6, 6.07) is 26.6. The molecule has 0 saturated heterocycles. The van der Waals surface area contributed by atoms with Crippen molar-refractivity contribution in [1.82, 2.24) is 9.13 Å². The number of fused-ring (bicyclic) bond motifs is 8. The molecule has 0 amide bonds. The highest BCUT2D eigenvalue weighted by Gasteiger charge is 2.41. The van der Waals surface area contributed by atoms with Gasteiger partial charge in [0.1, 0.15) is 0 Å². The Balaban J connectivity index is 1.19. The molecule has 276 valence electrons. The molecule has 0 fully saturated rings. The van der Waals surface area contributed by atoms with Gasteiger partial charge in [0, 0.05) is 106 Å². The van der Waals surface area contributed by atoms with Crippen LogP contribution in [0.25, 0.3) is 43.6 Å². The highest BCUT2D eigenvalue weighted by atomic mass is 32.2. The average Bonchev–Trinajstić information content (AvgIpc) is 3.69. The molecule has 0 saturated carbocycles. The zero-order valence-corrected chi connectivity index (χ0v) is 33.2. The molecule has 6 nitrogen and oxygen atoms in total. The first-order valence-electron chi connectivity index (χ1n) is 18.9. The topological polar surface area (TPSA) is 54.6 Å². The van der Waals surface area contributed by atoms with Gasteiger partial charge in [-0.05, 0) is 90.3 Å². The number of allylic oxidation sites excluding steroid dienone is 6. The quantitative estimate of drug-likeness (QED) is 0.0665. The first-order chi connectivity index (χ1) is 25.6. The predicted octanol–water partition coefficient (Wildman–Crippen LogP) is 10.9. The molecule has 0 aliphatic carbocycles. The van der Waals surface area contributed by atoms with Crippen LogP contribution in [0, 0.1) is 0 Å². The van der Waals surface area contributed by atoms with Crippen LogP contribution in [0.2, 0.25) is 0 Å². The van der Waals surface area contributed by atoms with Crippen molar-refractivity contribution in [3.8, 4) is 0 Å². The summed E-state index contributed by atoms with van der Waals surface area (Å²) >= 11 is 1.51. The first-order valence-corrected chi connectivity index (χ1v) is 19.9. The molecule has 7 rings (SSSR count). The molecule has 0 spiro atoms. The molecule has 7 heteroatoms. The minimum Gasteiger partial charge on any atom is -0.396 e. The van der Waals surface area contributed by atoms with E-state index in [1.165, 1.54) is 83.9 Å². The maximum absolute atomic E-state index is 9.85. The van der Waals surface area contributed by atoms with Crippen LogP contribution in [0.1, 0.15) is 58.1 Å². The summed E-state index contributed by atoms with van der Waals surface area (Å²) in [6.45, 7) is 11.3. The van der Waals surface area contributed by atoms with Gasteiger partial charge >= 0.3 is 0 Å². The highest BCUT2D eigenvalue weighted by Crippen LogP contribution is 2.52. The van der Waals surface area contributed by atoms with Crippen LogP contribution in [0.3, 0.4) is 0 Å². The highest BCUT2D eigenvalue weighted by molar-refractivity contribution is 7.94.